The van der Waals surface area contributed by atoms with E-state index in [-0.39, 0.29) is 30.4 Å². The highest BCUT2D eigenvalue weighted by atomic mass is 16.5. The first kappa shape index (κ1) is 17.1. The van der Waals surface area contributed by atoms with E-state index in [0.29, 0.717) is 11.4 Å². The highest BCUT2D eigenvalue weighted by Gasteiger charge is 2.34. The van der Waals surface area contributed by atoms with Crippen molar-refractivity contribution in [3.63, 3.8) is 0 Å². The molecule has 0 saturated carbocycles. The third kappa shape index (κ3) is 3.00. The maximum Gasteiger partial charge on any atom is 0.355 e. The molecule has 0 aromatic heterocycles. The number of hydrogen-bond acceptors (Lipinski definition) is 8. The van der Waals surface area contributed by atoms with Crippen LogP contribution < -0.4 is 10.2 Å². The predicted octanol–water partition coefficient (Wildman–Crippen LogP) is 1.14. The van der Waals surface area contributed by atoms with E-state index in [4.69, 9.17) is 14.2 Å². The number of rotatable bonds is 3. The van der Waals surface area contributed by atoms with Gasteiger partial charge in [-0.3, -0.25) is 0 Å². The van der Waals surface area contributed by atoms with Gasteiger partial charge < -0.3 is 29.5 Å². The molecule has 2 heterocycles. The van der Waals surface area contributed by atoms with Crippen molar-refractivity contribution < 1.29 is 28.9 Å². The molecule has 134 valence electrons. The molecular formula is C17H20N2O6. The lowest BCUT2D eigenvalue weighted by atomic mass is 9.99. The minimum atomic E-state index is -0.644. The Morgan fingerprint density at radius 1 is 1.24 bits per heavy atom. The Morgan fingerprint density at radius 2 is 2.00 bits per heavy atom. The molecule has 0 saturated heterocycles. The van der Waals surface area contributed by atoms with Gasteiger partial charge in [0.25, 0.3) is 0 Å². The number of nitrogens with one attached hydrogen (secondary N) is 1. The fourth-order valence-electron chi connectivity index (χ4n) is 3.14. The lowest BCUT2D eigenvalue weighted by Gasteiger charge is -2.34. The molecule has 0 fully saturated rings. The highest BCUT2D eigenvalue weighted by Crippen LogP contribution is 2.40. The Bertz CT molecular complexity index is 743. The number of carbonyl (C=O) groups excluding carboxylic acids is 2. The molecule has 8 nitrogen and oxygen atoms in total. The van der Waals surface area contributed by atoms with Crippen LogP contribution in [0.15, 0.2) is 23.4 Å². The van der Waals surface area contributed by atoms with Gasteiger partial charge in [-0.25, -0.2) is 9.59 Å². The van der Waals surface area contributed by atoms with Crippen molar-refractivity contribution in [3.8, 4) is 5.75 Å². The molecule has 1 aromatic carbocycles. The van der Waals surface area contributed by atoms with Crippen LogP contribution in [0.25, 0.3) is 0 Å². The molecular weight excluding hydrogens is 328 g/mol. The molecule has 2 aliphatic rings. The molecule has 2 N–H and O–H groups in total. The van der Waals surface area contributed by atoms with Crippen LogP contribution in [0.1, 0.15) is 12.0 Å². The summed E-state index contributed by atoms with van der Waals surface area (Å²) in [6, 6.07) is 3.25. The second-order valence-corrected chi connectivity index (χ2v) is 5.70. The maximum atomic E-state index is 12.4. The third-order valence-electron chi connectivity index (χ3n) is 4.30. The summed E-state index contributed by atoms with van der Waals surface area (Å²) in [7, 11) is 2.50. The minimum absolute atomic E-state index is 0.0356. The topological polar surface area (TPSA) is 97.3 Å². The standard InChI is InChI=1S/C17H20N2O6/c1-23-16(21)11-8-25-9-19(15(11)17(22)24-2)12-5-6-13(20)14-10(12)4-3-7-18-14/h5-6,18,20H,3-4,7-9H2,1-2H3. The van der Waals surface area contributed by atoms with E-state index >= 15 is 0 Å². The molecule has 25 heavy (non-hydrogen) atoms. The molecule has 0 unspecified atom stereocenters. The number of phenols is 1. The van der Waals surface area contributed by atoms with E-state index in [2.05, 4.69) is 5.32 Å². The van der Waals surface area contributed by atoms with Crippen LogP contribution in [0.3, 0.4) is 0 Å². The zero-order chi connectivity index (χ0) is 18.0. The lowest BCUT2D eigenvalue weighted by molar-refractivity contribution is -0.140. The van der Waals surface area contributed by atoms with Crippen molar-refractivity contribution >= 4 is 23.3 Å². The van der Waals surface area contributed by atoms with E-state index < -0.39 is 11.9 Å². The molecule has 2 aliphatic heterocycles. The SMILES string of the molecule is COC(=O)C1=C(C(=O)OC)N(c2ccc(O)c3c2CCCN3)COC1. The number of methoxy groups -OCH3 is 2. The lowest BCUT2D eigenvalue weighted by Crippen LogP contribution is -2.39. The van der Waals surface area contributed by atoms with E-state index in [1.165, 1.54) is 14.2 Å². The largest absolute Gasteiger partial charge is 0.506 e. The molecule has 0 spiro atoms. The van der Waals surface area contributed by atoms with Crippen LogP contribution in [0.2, 0.25) is 0 Å². The van der Waals surface area contributed by atoms with Gasteiger partial charge in [-0.2, -0.15) is 0 Å². The first-order chi connectivity index (χ1) is 12.1. The Balaban J connectivity index is 2.15. The predicted molar refractivity (Wildman–Crippen MR) is 89.3 cm³/mol. The van der Waals surface area contributed by atoms with Crippen LogP contribution in [-0.4, -0.2) is 51.1 Å². The van der Waals surface area contributed by atoms with Crippen LogP contribution in [-0.2, 0) is 30.2 Å². The van der Waals surface area contributed by atoms with E-state index in [1.54, 1.807) is 17.0 Å². The molecule has 8 heteroatoms. The Kier molecular flexibility index (Phi) is 4.80. The molecule has 0 amide bonds. The highest BCUT2D eigenvalue weighted by molar-refractivity contribution is 6.03. The van der Waals surface area contributed by atoms with Gasteiger partial charge in [-0.15, -0.1) is 0 Å². The van der Waals surface area contributed by atoms with Crippen molar-refractivity contribution in [1.82, 2.24) is 0 Å². The quantitative estimate of drug-likeness (QED) is 0.620. The van der Waals surface area contributed by atoms with Crippen LogP contribution in [0, 0.1) is 0 Å². The normalized spacial score (nSPS) is 16.8. The van der Waals surface area contributed by atoms with Gasteiger partial charge in [0.2, 0.25) is 0 Å². The molecule has 0 aliphatic carbocycles. The Labute approximate surface area is 145 Å². The molecule has 0 radical (unpaired) electrons. The summed E-state index contributed by atoms with van der Waals surface area (Å²) in [5, 5.41) is 13.3. The summed E-state index contributed by atoms with van der Waals surface area (Å²) < 4.78 is 15.1. The van der Waals surface area contributed by atoms with E-state index in [9.17, 15) is 14.7 Å². The Morgan fingerprint density at radius 3 is 2.72 bits per heavy atom. The summed E-state index contributed by atoms with van der Waals surface area (Å²) in [5.41, 5.74) is 2.38. The smallest absolute Gasteiger partial charge is 0.355 e. The van der Waals surface area contributed by atoms with Crippen molar-refractivity contribution in [3.05, 3.63) is 29.0 Å². The molecule has 0 atom stereocenters. The minimum Gasteiger partial charge on any atom is -0.506 e. The summed E-state index contributed by atoms with van der Waals surface area (Å²) in [6.45, 7) is 0.807. The number of aromatic hydroxyl groups is 1. The van der Waals surface area contributed by atoms with Gasteiger partial charge in [0.05, 0.1) is 32.1 Å². The molecule has 0 bridgehead atoms. The van der Waals surface area contributed by atoms with Crippen molar-refractivity contribution in [1.29, 1.82) is 0 Å². The first-order valence-corrected chi connectivity index (χ1v) is 7.92. The number of hydrogen-bond donors (Lipinski definition) is 2. The van der Waals surface area contributed by atoms with E-state index in [0.717, 1.165) is 24.9 Å². The van der Waals surface area contributed by atoms with Gasteiger partial charge in [0.1, 0.15) is 18.2 Å². The second kappa shape index (κ2) is 7.02. The fourth-order valence-corrected chi connectivity index (χ4v) is 3.14. The summed E-state index contributed by atoms with van der Waals surface area (Å²) >= 11 is 0. The molecule has 3 rings (SSSR count). The second-order valence-electron chi connectivity index (χ2n) is 5.70. The summed E-state index contributed by atoms with van der Waals surface area (Å²) in [5.74, 6) is -1.14. The monoisotopic (exact) mass is 348 g/mol. The number of carbonyl (C=O) groups is 2. The van der Waals surface area contributed by atoms with Gasteiger partial charge in [0, 0.05) is 17.8 Å². The number of fused-ring (bicyclic) bond motifs is 1. The molecule has 1 aromatic rings. The van der Waals surface area contributed by atoms with Crippen molar-refractivity contribution in [2.75, 3.05) is 44.3 Å². The van der Waals surface area contributed by atoms with Crippen LogP contribution >= 0.6 is 0 Å². The zero-order valence-electron chi connectivity index (χ0n) is 14.1. The van der Waals surface area contributed by atoms with Gasteiger partial charge in [-0.05, 0) is 25.0 Å². The average molecular weight is 348 g/mol. The zero-order valence-corrected chi connectivity index (χ0v) is 14.1. The number of ether oxygens (including phenoxy) is 3. The summed E-state index contributed by atoms with van der Waals surface area (Å²) in [6.07, 6.45) is 1.61. The van der Waals surface area contributed by atoms with Gasteiger partial charge >= 0.3 is 11.9 Å². The van der Waals surface area contributed by atoms with Crippen LogP contribution in [0.4, 0.5) is 11.4 Å². The third-order valence-corrected chi connectivity index (χ3v) is 4.30. The number of phenolic OH excluding ortho intramolecular Hbond substituents is 1. The van der Waals surface area contributed by atoms with Crippen molar-refractivity contribution in [2.24, 2.45) is 0 Å². The van der Waals surface area contributed by atoms with E-state index in [1.807, 2.05) is 0 Å². The van der Waals surface area contributed by atoms with Crippen LogP contribution in [0.5, 0.6) is 5.75 Å². The number of esters is 2. The average Bonchev–Trinajstić information content (AvgIpc) is 2.66. The fraction of sp³-hybridized carbons (Fsp3) is 0.412. The maximum absolute atomic E-state index is 12.4. The van der Waals surface area contributed by atoms with Gasteiger partial charge in [-0.1, -0.05) is 0 Å². The Hall–Kier alpha value is -2.74. The number of nitrogens with zero attached hydrogens (tertiary/aromatic N) is 1. The number of anilines is 2. The first-order valence-electron chi connectivity index (χ1n) is 7.92. The van der Waals surface area contributed by atoms with Crippen molar-refractivity contribution in [2.45, 2.75) is 12.8 Å². The van der Waals surface area contributed by atoms with Gasteiger partial charge in [0.15, 0.2) is 0 Å². The number of benzene rings is 1. The summed E-state index contributed by atoms with van der Waals surface area (Å²) in [4.78, 5) is 26.0.